The van der Waals surface area contributed by atoms with E-state index >= 15 is 0 Å². The lowest BCUT2D eigenvalue weighted by atomic mass is 10.2. The van der Waals surface area contributed by atoms with Crippen LogP contribution in [0.2, 0.25) is 0 Å². The van der Waals surface area contributed by atoms with Crippen LogP contribution in [-0.2, 0) is 11.3 Å². The maximum Gasteiger partial charge on any atom is 0.262 e. The first kappa shape index (κ1) is 17.2. The highest BCUT2D eigenvalue weighted by Crippen LogP contribution is 2.25. The van der Waals surface area contributed by atoms with Crippen molar-refractivity contribution in [1.82, 2.24) is 9.55 Å². The molecule has 1 amide bonds. The number of aromatic nitrogens is 2. The molecule has 130 valence electrons. The van der Waals surface area contributed by atoms with Crippen LogP contribution in [0.3, 0.4) is 0 Å². The van der Waals surface area contributed by atoms with Crippen LogP contribution in [0.25, 0.3) is 10.2 Å². The largest absolute Gasteiger partial charge is 0.495 e. The topological polar surface area (TPSA) is 73.2 Å². The number of hydrogen-bond acceptors (Lipinski definition) is 5. The molecule has 7 heteroatoms. The number of amides is 1. The van der Waals surface area contributed by atoms with Gasteiger partial charge in [-0.15, -0.1) is 11.3 Å². The fraction of sp³-hybridized carbons (Fsp3) is 0.278. The molecule has 0 aliphatic rings. The van der Waals surface area contributed by atoms with Crippen molar-refractivity contribution < 1.29 is 9.53 Å². The molecular formula is C18H19N3O3S. The summed E-state index contributed by atoms with van der Waals surface area (Å²) >= 11 is 1.48. The molecule has 3 rings (SSSR count). The van der Waals surface area contributed by atoms with Crippen LogP contribution in [0.15, 0.2) is 29.1 Å². The molecular weight excluding hydrogens is 338 g/mol. The van der Waals surface area contributed by atoms with E-state index in [1.807, 2.05) is 32.0 Å². The highest BCUT2D eigenvalue weighted by Gasteiger charge is 2.14. The lowest BCUT2D eigenvalue weighted by molar-refractivity contribution is -0.116. The molecule has 0 spiro atoms. The summed E-state index contributed by atoms with van der Waals surface area (Å²) in [4.78, 5) is 31.3. The Hall–Kier alpha value is -2.67. The Bertz CT molecular complexity index is 1020. The summed E-state index contributed by atoms with van der Waals surface area (Å²) in [6.45, 7) is 5.50. The maximum atomic E-state index is 12.7. The van der Waals surface area contributed by atoms with Crippen molar-refractivity contribution in [2.24, 2.45) is 0 Å². The number of nitrogens with zero attached hydrogens (tertiary/aromatic N) is 2. The summed E-state index contributed by atoms with van der Waals surface area (Å²) in [6, 6.07) is 7.34. The standard InChI is InChI=1S/C18H19N3O3S/c1-10-5-6-15(24-4)14(7-10)20-16(22)9-21-12(3)19-17-13(18(21)23)8-11(2)25-17/h5-8H,9H2,1-4H3,(H,20,22). The van der Waals surface area contributed by atoms with Crippen molar-refractivity contribution in [2.45, 2.75) is 27.3 Å². The summed E-state index contributed by atoms with van der Waals surface area (Å²) in [7, 11) is 1.55. The summed E-state index contributed by atoms with van der Waals surface area (Å²) in [6.07, 6.45) is 0. The molecule has 2 heterocycles. The number of fused-ring (bicyclic) bond motifs is 1. The number of thiophene rings is 1. The third kappa shape index (κ3) is 3.41. The number of ether oxygens (including phenoxy) is 1. The van der Waals surface area contributed by atoms with E-state index in [9.17, 15) is 9.59 Å². The molecule has 0 radical (unpaired) electrons. The average molecular weight is 357 g/mol. The number of benzene rings is 1. The molecule has 25 heavy (non-hydrogen) atoms. The first-order valence-electron chi connectivity index (χ1n) is 7.81. The molecule has 2 aromatic heterocycles. The number of hydrogen-bond donors (Lipinski definition) is 1. The Labute approximate surface area is 149 Å². The SMILES string of the molecule is COc1ccc(C)cc1NC(=O)Cn1c(C)nc2sc(C)cc2c1=O. The Kier molecular flexibility index (Phi) is 4.59. The maximum absolute atomic E-state index is 12.7. The predicted octanol–water partition coefficient (Wildman–Crippen LogP) is 3.03. The molecule has 0 aliphatic heterocycles. The van der Waals surface area contributed by atoms with Gasteiger partial charge in [0.1, 0.15) is 22.9 Å². The zero-order valence-corrected chi connectivity index (χ0v) is 15.4. The predicted molar refractivity (Wildman–Crippen MR) is 99.7 cm³/mol. The van der Waals surface area contributed by atoms with Gasteiger partial charge in [0.15, 0.2) is 0 Å². The summed E-state index contributed by atoms with van der Waals surface area (Å²) < 4.78 is 6.66. The quantitative estimate of drug-likeness (QED) is 0.779. The van der Waals surface area contributed by atoms with E-state index in [1.54, 1.807) is 20.1 Å². The van der Waals surface area contributed by atoms with Crippen molar-refractivity contribution in [3.05, 3.63) is 50.9 Å². The molecule has 6 nitrogen and oxygen atoms in total. The average Bonchev–Trinajstić information content (AvgIpc) is 2.92. The number of nitrogens with one attached hydrogen (secondary N) is 1. The number of aryl methyl sites for hydroxylation is 3. The number of rotatable bonds is 4. The van der Waals surface area contributed by atoms with E-state index in [-0.39, 0.29) is 18.0 Å². The van der Waals surface area contributed by atoms with Crippen LogP contribution in [0.4, 0.5) is 5.69 Å². The molecule has 1 aromatic carbocycles. The zero-order valence-electron chi connectivity index (χ0n) is 14.5. The minimum Gasteiger partial charge on any atom is -0.495 e. The molecule has 0 atom stereocenters. The van der Waals surface area contributed by atoms with Crippen LogP contribution in [0, 0.1) is 20.8 Å². The number of carbonyl (C=O) groups is 1. The molecule has 0 fully saturated rings. The highest BCUT2D eigenvalue weighted by molar-refractivity contribution is 7.18. The molecule has 3 aromatic rings. The van der Waals surface area contributed by atoms with Crippen molar-refractivity contribution in [3.63, 3.8) is 0 Å². The molecule has 0 saturated carbocycles. The fourth-order valence-electron chi connectivity index (χ4n) is 2.68. The Balaban J connectivity index is 1.90. The van der Waals surface area contributed by atoms with Crippen LogP contribution in [0.5, 0.6) is 5.75 Å². The highest BCUT2D eigenvalue weighted by atomic mass is 32.1. The monoisotopic (exact) mass is 357 g/mol. The van der Waals surface area contributed by atoms with E-state index < -0.39 is 0 Å². The fourth-order valence-corrected chi connectivity index (χ4v) is 3.59. The van der Waals surface area contributed by atoms with Gasteiger partial charge in [0.2, 0.25) is 5.91 Å². The van der Waals surface area contributed by atoms with Crippen LogP contribution >= 0.6 is 11.3 Å². The van der Waals surface area contributed by atoms with E-state index in [1.165, 1.54) is 15.9 Å². The van der Waals surface area contributed by atoms with E-state index in [4.69, 9.17) is 4.74 Å². The van der Waals surface area contributed by atoms with Gasteiger partial charge in [0, 0.05) is 4.88 Å². The van der Waals surface area contributed by atoms with Crippen molar-refractivity contribution in [3.8, 4) is 5.75 Å². The van der Waals surface area contributed by atoms with Gasteiger partial charge in [-0.3, -0.25) is 14.2 Å². The van der Waals surface area contributed by atoms with E-state index in [0.717, 1.165) is 10.4 Å². The third-order valence-corrected chi connectivity index (χ3v) is 4.84. The van der Waals surface area contributed by atoms with Crippen molar-refractivity contribution in [1.29, 1.82) is 0 Å². The van der Waals surface area contributed by atoms with E-state index in [2.05, 4.69) is 10.3 Å². The van der Waals surface area contributed by atoms with Gasteiger partial charge >= 0.3 is 0 Å². The van der Waals surface area contributed by atoms with Gasteiger partial charge in [0.05, 0.1) is 18.2 Å². The Morgan fingerprint density at radius 1 is 1.28 bits per heavy atom. The van der Waals surface area contributed by atoms with Gasteiger partial charge in [0.25, 0.3) is 5.56 Å². The summed E-state index contributed by atoms with van der Waals surface area (Å²) in [5, 5.41) is 3.36. The van der Waals surface area contributed by atoms with Crippen molar-refractivity contribution >= 4 is 33.1 Å². The second kappa shape index (κ2) is 6.68. The number of anilines is 1. The molecule has 0 unspecified atom stereocenters. The Morgan fingerprint density at radius 3 is 2.76 bits per heavy atom. The van der Waals surface area contributed by atoms with Gasteiger partial charge in [-0.25, -0.2) is 4.98 Å². The number of methoxy groups -OCH3 is 1. The minimum absolute atomic E-state index is 0.0976. The smallest absolute Gasteiger partial charge is 0.262 e. The summed E-state index contributed by atoms with van der Waals surface area (Å²) in [5.41, 5.74) is 1.39. The Morgan fingerprint density at radius 2 is 2.04 bits per heavy atom. The molecule has 0 saturated heterocycles. The van der Waals surface area contributed by atoms with Crippen LogP contribution < -0.4 is 15.6 Å². The van der Waals surface area contributed by atoms with Gasteiger partial charge in [-0.05, 0) is 44.5 Å². The second-order valence-corrected chi connectivity index (χ2v) is 7.11. The van der Waals surface area contributed by atoms with Gasteiger partial charge in [-0.1, -0.05) is 6.07 Å². The lowest BCUT2D eigenvalue weighted by Gasteiger charge is -2.13. The van der Waals surface area contributed by atoms with E-state index in [0.29, 0.717) is 27.5 Å². The number of carbonyl (C=O) groups excluding carboxylic acids is 1. The molecule has 1 N–H and O–H groups in total. The summed E-state index contributed by atoms with van der Waals surface area (Å²) in [5.74, 6) is 0.790. The molecule has 0 aliphatic carbocycles. The first-order chi connectivity index (χ1) is 11.9. The lowest BCUT2D eigenvalue weighted by Crippen LogP contribution is -2.30. The second-order valence-electron chi connectivity index (χ2n) is 5.88. The van der Waals surface area contributed by atoms with Crippen molar-refractivity contribution in [2.75, 3.05) is 12.4 Å². The molecule has 0 bridgehead atoms. The first-order valence-corrected chi connectivity index (χ1v) is 8.62. The minimum atomic E-state index is -0.304. The van der Waals surface area contributed by atoms with Gasteiger partial charge < -0.3 is 10.1 Å². The third-order valence-electron chi connectivity index (χ3n) is 3.90. The zero-order chi connectivity index (χ0) is 18.1. The normalized spacial score (nSPS) is 10.9. The van der Waals surface area contributed by atoms with Crippen LogP contribution in [0.1, 0.15) is 16.3 Å². The van der Waals surface area contributed by atoms with Gasteiger partial charge in [-0.2, -0.15) is 0 Å². The van der Waals surface area contributed by atoms with Crippen LogP contribution in [-0.4, -0.2) is 22.6 Å².